The van der Waals surface area contributed by atoms with E-state index in [1.165, 1.54) is 0 Å². The summed E-state index contributed by atoms with van der Waals surface area (Å²) in [5, 5.41) is 21.7. The molecular formula is C8H14N2O2. The highest BCUT2D eigenvalue weighted by Crippen LogP contribution is 2.07. The van der Waals surface area contributed by atoms with Crippen molar-refractivity contribution >= 4 is 0 Å². The van der Waals surface area contributed by atoms with Crippen molar-refractivity contribution in [1.29, 1.82) is 0 Å². The molecule has 0 radical (unpaired) electrons. The minimum atomic E-state index is 0.0224. The summed E-state index contributed by atoms with van der Waals surface area (Å²) in [5.74, 6) is 0. The topological polar surface area (TPSA) is 58.3 Å². The van der Waals surface area contributed by atoms with Gasteiger partial charge in [-0.05, 0) is 12.8 Å². The molecule has 0 aromatic carbocycles. The van der Waals surface area contributed by atoms with E-state index in [2.05, 4.69) is 5.10 Å². The normalized spacial score (nSPS) is 10.6. The molecule has 4 nitrogen and oxygen atoms in total. The Hall–Kier alpha value is -0.870. The molecule has 4 heteroatoms. The predicted molar refractivity (Wildman–Crippen MR) is 44.5 cm³/mol. The van der Waals surface area contributed by atoms with Crippen LogP contribution in [0.25, 0.3) is 0 Å². The molecule has 1 aromatic rings. The van der Waals surface area contributed by atoms with Gasteiger partial charge in [0.15, 0.2) is 0 Å². The molecule has 0 aliphatic carbocycles. The molecule has 0 aliphatic heterocycles. The molecule has 0 atom stereocenters. The minimum absolute atomic E-state index is 0.0224. The second-order valence-electron chi connectivity index (χ2n) is 2.76. The third kappa shape index (κ3) is 2.06. The molecular weight excluding hydrogens is 156 g/mol. The molecule has 0 bridgehead atoms. The van der Waals surface area contributed by atoms with Gasteiger partial charge in [-0.15, -0.1) is 0 Å². The summed E-state index contributed by atoms with van der Waals surface area (Å²) in [5.41, 5.74) is 1.74. The largest absolute Gasteiger partial charge is 0.396 e. The van der Waals surface area contributed by atoms with Gasteiger partial charge in [0.05, 0.1) is 12.3 Å². The smallest absolute Gasteiger partial charge is 0.0715 e. The van der Waals surface area contributed by atoms with Gasteiger partial charge in [-0.1, -0.05) is 0 Å². The van der Waals surface area contributed by atoms with Gasteiger partial charge >= 0.3 is 0 Å². The molecule has 1 heterocycles. The molecule has 1 rings (SSSR count). The third-order valence-corrected chi connectivity index (χ3v) is 1.73. The highest BCUT2D eigenvalue weighted by Gasteiger charge is 2.05. The second kappa shape index (κ2) is 4.23. The van der Waals surface area contributed by atoms with E-state index in [9.17, 15) is 0 Å². The van der Waals surface area contributed by atoms with E-state index >= 15 is 0 Å². The van der Waals surface area contributed by atoms with E-state index in [4.69, 9.17) is 10.2 Å². The lowest BCUT2D eigenvalue weighted by atomic mass is 10.2. The van der Waals surface area contributed by atoms with Crippen molar-refractivity contribution in [3.05, 3.63) is 17.5 Å². The summed E-state index contributed by atoms with van der Waals surface area (Å²) in [6, 6.07) is 0. The van der Waals surface area contributed by atoms with Crippen molar-refractivity contribution in [2.75, 3.05) is 6.61 Å². The van der Waals surface area contributed by atoms with Crippen LogP contribution < -0.4 is 0 Å². The highest BCUT2D eigenvalue weighted by atomic mass is 16.3. The number of rotatable bonds is 4. The van der Waals surface area contributed by atoms with Gasteiger partial charge in [-0.2, -0.15) is 5.10 Å². The number of aliphatic hydroxyl groups is 2. The first-order valence-corrected chi connectivity index (χ1v) is 4.01. The summed E-state index contributed by atoms with van der Waals surface area (Å²) in [6.45, 7) is 0.191. The quantitative estimate of drug-likeness (QED) is 0.660. The fourth-order valence-electron chi connectivity index (χ4n) is 1.17. The van der Waals surface area contributed by atoms with Crippen LogP contribution in [0.2, 0.25) is 0 Å². The van der Waals surface area contributed by atoms with Crippen LogP contribution in [0.5, 0.6) is 0 Å². The summed E-state index contributed by atoms with van der Waals surface area (Å²) >= 11 is 0. The van der Waals surface area contributed by atoms with Crippen molar-refractivity contribution in [3.63, 3.8) is 0 Å². The first-order chi connectivity index (χ1) is 5.77. The Morgan fingerprint density at radius 2 is 2.25 bits per heavy atom. The molecule has 1 aromatic heterocycles. The molecule has 0 saturated heterocycles. The number of aliphatic hydroxyl groups excluding tert-OH is 2. The Labute approximate surface area is 71.5 Å². The molecule has 0 amide bonds. The van der Waals surface area contributed by atoms with Crippen LogP contribution in [0.3, 0.4) is 0 Å². The van der Waals surface area contributed by atoms with Crippen LogP contribution in [0.15, 0.2) is 6.20 Å². The third-order valence-electron chi connectivity index (χ3n) is 1.73. The lowest BCUT2D eigenvalue weighted by molar-refractivity contribution is 0.276. The van der Waals surface area contributed by atoms with Crippen LogP contribution >= 0.6 is 0 Å². The fraction of sp³-hybridized carbons (Fsp3) is 0.625. The number of aryl methyl sites for hydroxylation is 2. The molecule has 12 heavy (non-hydrogen) atoms. The maximum Gasteiger partial charge on any atom is 0.0715 e. The zero-order valence-corrected chi connectivity index (χ0v) is 7.19. The molecule has 0 fully saturated rings. The summed E-state index contributed by atoms with van der Waals surface area (Å²) in [6.07, 6.45) is 3.23. The van der Waals surface area contributed by atoms with Crippen LogP contribution in [-0.4, -0.2) is 26.6 Å². The minimum Gasteiger partial charge on any atom is -0.396 e. The van der Waals surface area contributed by atoms with Gasteiger partial charge in [-0.3, -0.25) is 4.68 Å². The van der Waals surface area contributed by atoms with Gasteiger partial charge in [0.2, 0.25) is 0 Å². The van der Waals surface area contributed by atoms with Crippen molar-refractivity contribution in [2.24, 2.45) is 7.05 Å². The molecule has 0 spiro atoms. The summed E-state index contributed by atoms with van der Waals surface area (Å²) < 4.78 is 1.68. The van der Waals surface area contributed by atoms with Crippen LogP contribution in [0, 0.1) is 0 Å². The first-order valence-electron chi connectivity index (χ1n) is 4.01. The van der Waals surface area contributed by atoms with Crippen molar-refractivity contribution in [2.45, 2.75) is 19.4 Å². The van der Waals surface area contributed by atoms with E-state index in [1.807, 2.05) is 7.05 Å². The number of hydrogen-bond donors (Lipinski definition) is 2. The van der Waals surface area contributed by atoms with Gasteiger partial charge in [-0.25, -0.2) is 0 Å². The van der Waals surface area contributed by atoms with Gasteiger partial charge in [0.25, 0.3) is 0 Å². The van der Waals surface area contributed by atoms with E-state index < -0.39 is 0 Å². The Morgan fingerprint density at radius 3 is 2.83 bits per heavy atom. The van der Waals surface area contributed by atoms with Crippen LogP contribution in [0.4, 0.5) is 0 Å². The standard InChI is InChI=1S/C8H14N2O2/c1-10-5-7(6-12)8(9-10)3-2-4-11/h5,11-12H,2-4,6H2,1H3. The van der Waals surface area contributed by atoms with E-state index in [0.717, 1.165) is 17.7 Å². The highest BCUT2D eigenvalue weighted by molar-refractivity contribution is 5.15. The van der Waals surface area contributed by atoms with Crippen LogP contribution in [-0.2, 0) is 20.1 Å². The SMILES string of the molecule is Cn1cc(CO)c(CCCO)n1. The van der Waals surface area contributed by atoms with Gasteiger partial charge in [0, 0.05) is 25.4 Å². The van der Waals surface area contributed by atoms with Gasteiger partial charge < -0.3 is 10.2 Å². The van der Waals surface area contributed by atoms with Crippen molar-refractivity contribution in [3.8, 4) is 0 Å². The van der Waals surface area contributed by atoms with Crippen molar-refractivity contribution < 1.29 is 10.2 Å². The first kappa shape index (κ1) is 9.22. The summed E-state index contributed by atoms with van der Waals surface area (Å²) in [4.78, 5) is 0. The average molecular weight is 170 g/mol. The number of nitrogens with zero attached hydrogens (tertiary/aromatic N) is 2. The van der Waals surface area contributed by atoms with E-state index in [0.29, 0.717) is 6.42 Å². The maximum absolute atomic E-state index is 8.92. The number of aromatic nitrogens is 2. The predicted octanol–water partition coefficient (Wildman–Crippen LogP) is -0.163. The lowest BCUT2D eigenvalue weighted by Gasteiger charge is -1.95. The fourth-order valence-corrected chi connectivity index (χ4v) is 1.17. The van der Waals surface area contributed by atoms with E-state index in [-0.39, 0.29) is 13.2 Å². The van der Waals surface area contributed by atoms with Crippen molar-refractivity contribution in [1.82, 2.24) is 9.78 Å². The molecule has 0 aliphatic rings. The second-order valence-corrected chi connectivity index (χ2v) is 2.76. The molecule has 68 valence electrons. The Bertz CT molecular complexity index is 245. The summed E-state index contributed by atoms with van der Waals surface area (Å²) in [7, 11) is 1.82. The monoisotopic (exact) mass is 170 g/mol. The van der Waals surface area contributed by atoms with Crippen LogP contribution in [0.1, 0.15) is 17.7 Å². The molecule has 2 N–H and O–H groups in total. The number of hydrogen-bond acceptors (Lipinski definition) is 3. The maximum atomic E-state index is 8.92. The zero-order valence-electron chi connectivity index (χ0n) is 7.19. The Balaban J connectivity index is 2.68. The van der Waals surface area contributed by atoms with Gasteiger partial charge in [0.1, 0.15) is 0 Å². The molecule has 0 saturated carbocycles. The molecule has 0 unspecified atom stereocenters. The van der Waals surface area contributed by atoms with E-state index in [1.54, 1.807) is 10.9 Å². The zero-order chi connectivity index (χ0) is 8.97. The lowest BCUT2D eigenvalue weighted by Crippen LogP contribution is -1.95. The average Bonchev–Trinajstić information content (AvgIpc) is 2.42. The Kier molecular flexibility index (Phi) is 3.25. The Morgan fingerprint density at radius 1 is 1.50 bits per heavy atom.